The number of carbonyl (C=O) groups is 2. The SMILES string of the molecule is COc1cc(F)ccc1[C@H](C(C)C)C(C)N(C(=O)c1nccc(OC)c1O)[C@@H](C)C(=O)O. The number of halogens is 1. The fourth-order valence-electron chi connectivity index (χ4n) is 4.02. The van der Waals surface area contributed by atoms with E-state index in [-0.39, 0.29) is 17.4 Å². The Hall–Kier alpha value is -3.36. The predicted octanol–water partition coefficient (Wildman–Crippen LogP) is 3.69. The van der Waals surface area contributed by atoms with Gasteiger partial charge in [-0.15, -0.1) is 0 Å². The van der Waals surface area contributed by atoms with Crippen LogP contribution < -0.4 is 9.47 Å². The van der Waals surface area contributed by atoms with Gasteiger partial charge in [-0.2, -0.15) is 0 Å². The van der Waals surface area contributed by atoms with Crippen molar-refractivity contribution in [3.63, 3.8) is 0 Å². The maximum Gasteiger partial charge on any atom is 0.326 e. The molecule has 1 aromatic heterocycles. The van der Waals surface area contributed by atoms with E-state index in [1.165, 1.54) is 45.5 Å². The van der Waals surface area contributed by atoms with Gasteiger partial charge in [0.2, 0.25) is 0 Å². The van der Waals surface area contributed by atoms with E-state index in [1.807, 2.05) is 13.8 Å². The van der Waals surface area contributed by atoms with E-state index < -0.39 is 41.4 Å². The van der Waals surface area contributed by atoms with Crippen molar-refractivity contribution in [3.05, 3.63) is 47.5 Å². The second-order valence-corrected chi connectivity index (χ2v) is 7.83. The maximum atomic E-state index is 13.8. The Balaban J connectivity index is 2.63. The van der Waals surface area contributed by atoms with Gasteiger partial charge in [0.1, 0.15) is 17.6 Å². The standard InChI is InChI=1S/C23H29FN2O6/c1-12(2)19(16-8-7-15(24)11-18(16)32-6)13(3)26(14(4)23(29)30)22(28)20-21(27)17(31-5)9-10-25-20/h7-14,19,27H,1-6H3,(H,29,30)/t13?,14-,19+/m0/s1. The normalized spacial score (nSPS) is 13.9. The summed E-state index contributed by atoms with van der Waals surface area (Å²) in [6, 6.07) is 3.59. The highest BCUT2D eigenvalue weighted by atomic mass is 19.1. The molecule has 1 heterocycles. The van der Waals surface area contributed by atoms with E-state index in [2.05, 4.69) is 4.98 Å². The highest BCUT2D eigenvalue weighted by Crippen LogP contribution is 2.38. The van der Waals surface area contributed by atoms with Gasteiger partial charge in [0.25, 0.3) is 5.91 Å². The second kappa shape index (κ2) is 10.3. The first-order valence-corrected chi connectivity index (χ1v) is 10.2. The number of aromatic nitrogens is 1. The quantitative estimate of drug-likeness (QED) is 0.602. The van der Waals surface area contributed by atoms with Crippen LogP contribution in [0.5, 0.6) is 17.2 Å². The molecule has 0 spiro atoms. The van der Waals surface area contributed by atoms with Crippen LogP contribution in [0.25, 0.3) is 0 Å². The Morgan fingerprint density at radius 3 is 2.22 bits per heavy atom. The molecular formula is C23H29FN2O6. The number of pyridine rings is 1. The van der Waals surface area contributed by atoms with Crippen molar-refractivity contribution in [2.75, 3.05) is 14.2 Å². The predicted molar refractivity (Wildman–Crippen MR) is 116 cm³/mol. The lowest BCUT2D eigenvalue weighted by Crippen LogP contribution is -2.51. The van der Waals surface area contributed by atoms with Gasteiger partial charge in [-0.25, -0.2) is 14.2 Å². The van der Waals surface area contributed by atoms with Crippen LogP contribution in [0.4, 0.5) is 4.39 Å². The molecule has 1 aromatic carbocycles. The molecule has 1 amide bonds. The summed E-state index contributed by atoms with van der Waals surface area (Å²) in [7, 11) is 2.75. The van der Waals surface area contributed by atoms with Crippen molar-refractivity contribution in [2.45, 2.75) is 45.7 Å². The van der Waals surface area contributed by atoms with Crippen LogP contribution >= 0.6 is 0 Å². The number of amides is 1. The number of ether oxygens (including phenoxy) is 2. The van der Waals surface area contributed by atoms with E-state index in [0.717, 1.165) is 4.90 Å². The third kappa shape index (κ3) is 4.92. The van der Waals surface area contributed by atoms with Crippen LogP contribution in [0, 0.1) is 11.7 Å². The lowest BCUT2D eigenvalue weighted by molar-refractivity contribution is -0.142. The van der Waals surface area contributed by atoms with Crippen LogP contribution in [0.1, 0.15) is 49.7 Å². The largest absolute Gasteiger partial charge is 0.503 e. The number of rotatable bonds is 9. The number of aromatic hydroxyl groups is 1. The molecule has 0 aliphatic carbocycles. The highest BCUT2D eigenvalue weighted by molar-refractivity contribution is 5.98. The minimum absolute atomic E-state index is 0.0412. The van der Waals surface area contributed by atoms with E-state index in [9.17, 15) is 24.2 Å². The molecule has 0 radical (unpaired) electrons. The molecule has 174 valence electrons. The average molecular weight is 448 g/mol. The molecule has 0 fully saturated rings. The Morgan fingerprint density at radius 1 is 1.06 bits per heavy atom. The van der Waals surface area contributed by atoms with E-state index >= 15 is 0 Å². The number of carboxylic acids is 1. The van der Waals surface area contributed by atoms with E-state index in [0.29, 0.717) is 11.3 Å². The molecule has 0 aliphatic heterocycles. The van der Waals surface area contributed by atoms with Gasteiger partial charge in [0.05, 0.1) is 14.2 Å². The zero-order valence-corrected chi connectivity index (χ0v) is 19.0. The summed E-state index contributed by atoms with van der Waals surface area (Å²) in [5, 5.41) is 20.2. The van der Waals surface area contributed by atoms with Gasteiger partial charge >= 0.3 is 5.97 Å². The van der Waals surface area contributed by atoms with Crippen LogP contribution in [0.3, 0.4) is 0 Å². The molecule has 32 heavy (non-hydrogen) atoms. The Kier molecular flexibility index (Phi) is 8.02. The molecule has 3 atom stereocenters. The first-order chi connectivity index (χ1) is 15.0. The fourth-order valence-corrected chi connectivity index (χ4v) is 4.02. The fraction of sp³-hybridized carbons (Fsp3) is 0.435. The Labute approximate surface area is 186 Å². The molecule has 0 aliphatic rings. The highest BCUT2D eigenvalue weighted by Gasteiger charge is 2.39. The van der Waals surface area contributed by atoms with Crippen molar-refractivity contribution in [1.29, 1.82) is 0 Å². The van der Waals surface area contributed by atoms with Crippen molar-refractivity contribution in [3.8, 4) is 17.2 Å². The number of hydrogen-bond acceptors (Lipinski definition) is 6. The summed E-state index contributed by atoms with van der Waals surface area (Å²) in [4.78, 5) is 30.5. The number of aliphatic carboxylic acids is 1. The monoisotopic (exact) mass is 448 g/mol. The van der Waals surface area contributed by atoms with Crippen molar-refractivity contribution >= 4 is 11.9 Å². The molecule has 2 N–H and O–H groups in total. The van der Waals surface area contributed by atoms with Gasteiger partial charge in [-0.1, -0.05) is 19.9 Å². The number of hydrogen-bond donors (Lipinski definition) is 2. The van der Waals surface area contributed by atoms with Crippen LogP contribution in [-0.4, -0.2) is 58.3 Å². The molecule has 0 saturated heterocycles. The van der Waals surface area contributed by atoms with Gasteiger partial charge in [0.15, 0.2) is 17.2 Å². The lowest BCUT2D eigenvalue weighted by Gasteiger charge is -2.39. The van der Waals surface area contributed by atoms with Gasteiger partial charge < -0.3 is 24.6 Å². The molecule has 9 heteroatoms. The minimum Gasteiger partial charge on any atom is -0.503 e. The summed E-state index contributed by atoms with van der Waals surface area (Å²) in [6.07, 6.45) is 1.29. The van der Waals surface area contributed by atoms with Crippen molar-refractivity contribution < 1.29 is 33.7 Å². The summed E-state index contributed by atoms with van der Waals surface area (Å²) in [5.41, 5.74) is 0.312. The molecule has 1 unspecified atom stereocenters. The number of methoxy groups -OCH3 is 2. The summed E-state index contributed by atoms with van der Waals surface area (Å²) in [6.45, 7) is 6.92. The number of benzene rings is 1. The molecule has 2 rings (SSSR count). The molecule has 0 saturated carbocycles. The van der Waals surface area contributed by atoms with Crippen LogP contribution in [0.15, 0.2) is 30.5 Å². The van der Waals surface area contributed by atoms with E-state index in [4.69, 9.17) is 9.47 Å². The molecule has 8 nitrogen and oxygen atoms in total. The topological polar surface area (TPSA) is 109 Å². The zero-order chi connectivity index (χ0) is 24.2. The maximum absolute atomic E-state index is 13.8. The molecule has 0 bridgehead atoms. The summed E-state index contributed by atoms with van der Waals surface area (Å²) in [5.74, 6) is -3.09. The van der Waals surface area contributed by atoms with Crippen LogP contribution in [-0.2, 0) is 4.79 Å². The van der Waals surface area contributed by atoms with E-state index in [1.54, 1.807) is 13.0 Å². The Morgan fingerprint density at radius 2 is 1.69 bits per heavy atom. The molecular weight excluding hydrogens is 419 g/mol. The smallest absolute Gasteiger partial charge is 0.326 e. The first-order valence-electron chi connectivity index (χ1n) is 10.2. The number of nitrogens with zero attached hydrogens (tertiary/aromatic N) is 2. The number of carboxylic acid groups (broad SMARTS) is 1. The molecule has 2 aromatic rings. The van der Waals surface area contributed by atoms with Gasteiger partial charge in [-0.3, -0.25) is 4.79 Å². The lowest BCUT2D eigenvalue weighted by atomic mass is 9.81. The Bertz CT molecular complexity index is 981. The van der Waals surface area contributed by atoms with Crippen molar-refractivity contribution in [1.82, 2.24) is 9.88 Å². The minimum atomic E-state index is -1.24. The average Bonchev–Trinajstić information content (AvgIpc) is 2.74. The third-order valence-electron chi connectivity index (χ3n) is 5.55. The second-order valence-electron chi connectivity index (χ2n) is 7.83. The summed E-state index contributed by atoms with van der Waals surface area (Å²) < 4.78 is 24.2. The third-order valence-corrected chi connectivity index (χ3v) is 5.55. The van der Waals surface area contributed by atoms with Gasteiger partial charge in [-0.05, 0) is 31.4 Å². The zero-order valence-electron chi connectivity index (χ0n) is 19.0. The van der Waals surface area contributed by atoms with Crippen molar-refractivity contribution in [2.24, 2.45) is 5.92 Å². The first kappa shape index (κ1) is 24.9. The van der Waals surface area contributed by atoms with Gasteiger partial charge in [0, 0.05) is 30.3 Å². The number of carbonyl (C=O) groups excluding carboxylic acids is 1. The summed E-state index contributed by atoms with van der Waals surface area (Å²) >= 11 is 0. The van der Waals surface area contributed by atoms with Crippen LogP contribution in [0.2, 0.25) is 0 Å².